The number of ketones is 1. The molecule has 0 saturated heterocycles. The normalized spacial score (nSPS) is 16.9. The van der Waals surface area contributed by atoms with Crippen LogP contribution in [0.25, 0.3) is 0 Å². The fraction of sp³-hybridized carbons (Fsp3) is 0.250. The monoisotopic (exact) mass is 223 g/mol. The Bertz CT molecular complexity index is 239. The molecule has 0 fully saturated rings. The summed E-state index contributed by atoms with van der Waals surface area (Å²) in [4.78, 5) is 11.0. The molecule has 11 heavy (non-hydrogen) atoms. The summed E-state index contributed by atoms with van der Waals surface area (Å²) < 4.78 is 0. The van der Waals surface area contributed by atoms with E-state index in [9.17, 15) is 4.79 Å². The number of allylic oxidation sites excluding steroid dienone is 4. The molecule has 0 heterocycles. The molecule has 0 bridgehead atoms. The van der Waals surface area contributed by atoms with Crippen LogP contribution in [-0.2, 0) is 37.5 Å². The van der Waals surface area contributed by atoms with E-state index in [1.807, 2.05) is 0 Å². The molecule has 0 aromatic rings. The number of rotatable bonds is 0. The quantitative estimate of drug-likeness (QED) is 0.487. The van der Waals surface area contributed by atoms with Crippen molar-refractivity contribution in [2.75, 3.05) is 0 Å². The van der Waals surface area contributed by atoms with Crippen LogP contribution in [0.15, 0.2) is 17.2 Å². The van der Waals surface area contributed by atoms with Gasteiger partial charge in [0, 0.05) is 32.7 Å². The number of nitrogens with one attached hydrogen (secondary N) is 1. The predicted molar refractivity (Wildman–Crippen MR) is 38.9 cm³/mol. The zero-order valence-electron chi connectivity index (χ0n) is 6.56. The number of hydrogen-bond acceptors (Lipinski definition) is 2. The van der Waals surface area contributed by atoms with Crippen molar-refractivity contribution in [3.05, 3.63) is 23.3 Å². The standard InChI is InChI=1S/C8H8NO.Y/c1-5-3-7(9)4-6(2)8(5)10;/h3,9H,1-2H3;/q-1;. The van der Waals surface area contributed by atoms with E-state index in [-0.39, 0.29) is 44.2 Å². The van der Waals surface area contributed by atoms with Gasteiger partial charge in [0.1, 0.15) is 0 Å². The Morgan fingerprint density at radius 3 is 2.45 bits per heavy atom. The Morgan fingerprint density at radius 2 is 2.00 bits per heavy atom. The van der Waals surface area contributed by atoms with Crippen LogP contribution in [0.2, 0.25) is 0 Å². The molecule has 0 spiro atoms. The Balaban J connectivity index is 0.000001000. The Kier molecular flexibility index (Phi) is 4.05. The zero-order valence-corrected chi connectivity index (χ0v) is 9.40. The van der Waals surface area contributed by atoms with E-state index >= 15 is 0 Å². The third-order valence-electron chi connectivity index (χ3n) is 1.38. The molecule has 0 atom stereocenters. The second kappa shape index (κ2) is 4.08. The first-order valence-corrected chi connectivity index (χ1v) is 3.03. The van der Waals surface area contributed by atoms with Gasteiger partial charge in [0.15, 0.2) is 0 Å². The molecule has 1 radical (unpaired) electrons. The van der Waals surface area contributed by atoms with Crippen molar-refractivity contribution in [2.24, 2.45) is 0 Å². The van der Waals surface area contributed by atoms with Crippen LogP contribution in [0.4, 0.5) is 0 Å². The van der Waals surface area contributed by atoms with Gasteiger partial charge in [-0.3, -0.25) is 0 Å². The van der Waals surface area contributed by atoms with Crippen molar-refractivity contribution in [1.29, 1.82) is 5.41 Å². The third-order valence-corrected chi connectivity index (χ3v) is 1.38. The van der Waals surface area contributed by atoms with Crippen molar-refractivity contribution < 1.29 is 37.5 Å². The molecule has 0 aromatic heterocycles. The second-order valence-electron chi connectivity index (χ2n) is 2.32. The van der Waals surface area contributed by atoms with Gasteiger partial charge in [-0.15, -0.1) is 17.2 Å². The van der Waals surface area contributed by atoms with E-state index in [0.717, 1.165) is 0 Å². The van der Waals surface area contributed by atoms with E-state index in [2.05, 4.69) is 6.08 Å². The second-order valence-corrected chi connectivity index (χ2v) is 2.32. The minimum atomic E-state index is -0.00370. The van der Waals surface area contributed by atoms with E-state index in [1.54, 1.807) is 13.8 Å². The summed E-state index contributed by atoms with van der Waals surface area (Å²) in [5, 5.41) is 7.18. The maximum absolute atomic E-state index is 11.0. The third kappa shape index (κ3) is 2.46. The maximum atomic E-state index is 11.0. The molecule has 0 unspecified atom stereocenters. The van der Waals surface area contributed by atoms with Crippen LogP contribution in [0.3, 0.4) is 0 Å². The van der Waals surface area contributed by atoms with Crippen molar-refractivity contribution in [2.45, 2.75) is 13.8 Å². The summed E-state index contributed by atoms with van der Waals surface area (Å²) in [6.45, 7) is 3.38. The Labute approximate surface area is 91.1 Å². The minimum Gasteiger partial charge on any atom is -0.366 e. The first-order chi connectivity index (χ1) is 4.61. The van der Waals surface area contributed by atoms with Gasteiger partial charge in [-0.25, -0.2) is 0 Å². The van der Waals surface area contributed by atoms with Crippen LogP contribution in [0.1, 0.15) is 13.8 Å². The van der Waals surface area contributed by atoms with Crippen LogP contribution in [0, 0.1) is 11.5 Å². The smallest absolute Gasteiger partial charge is 0.0702 e. The number of carbonyl (C=O) groups is 1. The van der Waals surface area contributed by atoms with Crippen LogP contribution < -0.4 is 0 Å². The number of Topliss-reactive ketones (excluding diaryl/α,β-unsaturated/α-hetero) is 1. The fourth-order valence-corrected chi connectivity index (χ4v) is 0.873. The van der Waals surface area contributed by atoms with Crippen molar-refractivity contribution in [1.82, 2.24) is 0 Å². The van der Waals surface area contributed by atoms with E-state index in [0.29, 0.717) is 11.1 Å². The summed E-state index contributed by atoms with van der Waals surface area (Å²) >= 11 is 0. The van der Waals surface area contributed by atoms with Gasteiger partial charge in [0.25, 0.3) is 0 Å². The molecule has 0 saturated carbocycles. The predicted octanol–water partition coefficient (Wildman–Crippen LogP) is 1.28. The van der Waals surface area contributed by atoms with Gasteiger partial charge < -0.3 is 10.2 Å². The van der Waals surface area contributed by atoms with E-state index in [4.69, 9.17) is 5.41 Å². The molecular formula is C8H8NOY-. The SMILES string of the molecule is CC1=[C-]C(=N)C=C(C)C1=O.[Y]. The Morgan fingerprint density at radius 1 is 1.45 bits per heavy atom. The number of hydrogen-bond donors (Lipinski definition) is 1. The first kappa shape index (κ1) is 10.9. The van der Waals surface area contributed by atoms with Crippen LogP contribution in [0.5, 0.6) is 0 Å². The summed E-state index contributed by atoms with van der Waals surface area (Å²) in [6, 6.07) is 0. The van der Waals surface area contributed by atoms with Crippen LogP contribution in [-0.4, -0.2) is 11.5 Å². The molecule has 0 aliphatic heterocycles. The van der Waals surface area contributed by atoms with Gasteiger partial charge >= 0.3 is 0 Å². The van der Waals surface area contributed by atoms with Gasteiger partial charge in [-0.05, 0) is 0 Å². The van der Waals surface area contributed by atoms with E-state index < -0.39 is 0 Å². The average Bonchev–Trinajstić information content (AvgIpc) is 1.82. The van der Waals surface area contributed by atoms with Gasteiger partial charge in [-0.1, -0.05) is 19.6 Å². The summed E-state index contributed by atoms with van der Waals surface area (Å²) in [5.74, 6) is -0.00370. The maximum Gasteiger partial charge on any atom is 0.0702 e. The molecular weight excluding hydrogens is 215 g/mol. The van der Waals surface area contributed by atoms with Crippen LogP contribution >= 0.6 is 0 Å². The van der Waals surface area contributed by atoms with Gasteiger partial charge in [0.2, 0.25) is 0 Å². The minimum absolute atomic E-state index is 0. The summed E-state index contributed by atoms with van der Waals surface area (Å²) in [6.07, 6.45) is 4.16. The summed E-state index contributed by atoms with van der Waals surface area (Å²) in [7, 11) is 0. The first-order valence-electron chi connectivity index (χ1n) is 3.03. The molecule has 1 aliphatic rings. The molecule has 1 N–H and O–H groups in total. The van der Waals surface area contributed by atoms with Gasteiger partial charge in [-0.2, -0.15) is 6.08 Å². The van der Waals surface area contributed by atoms with E-state index in [1.165, 1.54) is 6.08 Å². The van der Waals surface area contributed by atoms with Crippen molar-refractivity contribution in [3.8, 4) is 0 Å². The van der Waals surface area contributed by atoms with Crippen molar-refractivity contribution >= 4 is 11.5 Å². The molecule has 0 aromatic carbocycles. The zero-order chi connectivity index (χ0) is 7.72. The summed E-state index contributed by atoms with van der Waals surface area (Å²) in [5.41, 5.74) is 1.45. The Hall–Kier alpha value is -0.0761. The molecule has 1 rings (SSSR count). The molecule has 55 valence electrons. The number of carbonyl (C=O) groups excluding carboxylic acids is 1. The van der Waals surface area contributed by atoms with Crippen molar-refractivity contribution in [3.63, 3.8) is 0 Å². The topological polar surface area (TPSA) is 40.9 Å². The average molecular weight is 223 g/mol. The molecule has 0 amide bonds. The molecule has 3 heteroatoms. The fourth-order valence-electron chi connectivity index (χ4n) is 0.873. The molecule has 1 aliphatic carbocycles. The van der Waals surface area contributed by atoms with Gasteiger partial charge in [0.05, 0.1) is 5.78 Å². The largest absolute Gasteiger partial charge is 0.366 e. The molecule has 2 nitrogen and oxygen atoms in total.